The van der Waals surface area contributed by atoms with E-state index in [1.165, 1.54) is 19.4 Å². The number of aliphatic hydroxyl groups excluding tert-OH is 1. The van der Waals surface area contributed by atoms with Crippen LogP contribution in [0, 0.1) is 0 Å². The quantitative estimate of drug-likeness (QED) is 0.306. The first kappa shape index (κ1) is 31.2. The van der Waals surface area contributed by atoms with Crippen LogP contribution < -0.4 is 10.1 Å². The van der Waals surface area contributed by atoms with Gasteiger partial charge in [-0.3, -0.25) is 9.59 Å². The van der Waals surface area contributed by atoms with E-state index in [4.69, 9.17) is 19.3 Å². The number of hydrogen-bond acceptors (Lipinski definition) is 9. The molecule has 2 rings (SSSR count). The molecule has 1 aromatic heterocycles. The number of nitrogens with zero attached hydrogens (tertiary/aromatic N) is 1. The highest BCUT2D eigenvalue weighted by Gasteiger charge is 2.25. The van der Waals surface area contributed by atoms with Crippen molar-refractivity contribution in [1.82, 2.24) is 10.3 Å². The Morgan fingerprint density at radius 3 is 2.47 bits per heavy atom. The molecule has 3 N–H and O–H groups in total. The molecule has 0 aliphatic carbocycles. The topological polar surface area (TPSA) is 127 Å². The van der Waals surface area contributed by atoms with Crippen molar-refractivity contribution >= 4 is 12.3 Å². The molecule has 2 heterocycles. The fraction of sp³-hybridized carbons (Fsp3) is 0.560. The first-order valence-electron chi connectivity index (χ1n) is 11.2. The highest BCUT2D eigenvalue weighted by atomic mass is 16.5. The van der Waals surface area contributed by atoms with Gasteiger partial charge in [0.25, 0.3) is 0 Å². The number of esters is 1. The van der Waals surface area contributed by atoms with Gasteiger partial charge >= 0.3 is 5.97 Å². The van der Waals surface area contributed by atoms with Gasteiger partial charge in [-0.15, -0.1) is 0 Å². The second-order valence-electron chi connectivity index (χ2n) is 8.13. The average Bonchev–Trinajstić information content (AvgIpc) is 2.86. The van der Waals surface area contributed by atoms with E-state index >= 15 is 0 Å². The van der Waals surface area contributed by atoms with Crippen LogP contribution in [0.4, 0.5) is 0 Å². The number of aliphatic hydroxyl groups is 1. The molecule has 1 fully saturated rings. The Labute approximate surface area is 202 Å². The van der Waals surface area contributed by atoms with Crippen LogP contribution in [0.5, 0.6) is 11.5 Å². The lowest BCUT2D eigenvalue weighted by molar-refractivity contribution is -0.151. The molecular formula is C25H40N2O7. The largest absolute Gasteiger partial charge is 0.503 e. The smallest absolute Gasteiger partial charge is 0.323 e. The van der Waals surface area contributed by atoms with Gasteiger partial charge in [-0.05, 0) is 47.1 Å². The maximum atomic E-state index is 11.8. The van der Waals surface area contributed by atoms with Crippen molar-refractivity contribution < 1.29 is 34.0 Å². The lowest BCUT2D eigenvalue weighted by atomic mass is 10.0. The molecule has 0 spiro atoms. The second kappa shape index (κ2) is 17.7. The van der Waals surface area contributed by atoms with Gasteiger partial charge in [-0.1, -0.05) is 24.3 Å². The monoisotopic (exact) mass is 480 g/mol. The van der Waals surface area contributed by atoms with Gasteiger partial charge in [0, 0.05) is 18.7 Å². The predicted octanol–water partition coefficient (Wildman–Crippen LogP) is 3.20. The number of ether oxygens (including phenoxy) is 3. The lowest BCUT2D eigenvalue weighted by Gasteiger charge is -2.20. The highest BCUT2D eigenvalue weighted by molar-refractivity contribution is 5.77. The van der Waals surface area contributed by atoms with Crippen molar-refractivity contribution in [2.75, 3.05) is 27.4 Å². The summed E-state index contributed by atoms with van der Waals surface area (Å²) in [5, 5.41) is 20.2. The summed E-state index contributed by atoms with van der Waals surface area (Å²) in [6.45, 7) is 13.6. The van der Waals surface area contributed by atoms with Gasteiger partial charge in [0.2, 0.25) is 0 Å². The highest BCUT2D eigenvalue weighted by Crippen LogP contribution is 2.25. The third kappa shape index (κ3) is 13.1. The van der Waals surface area contributed by atoms with E-state index in [0.29, 0.717) is 12.9 Å². The summed E-state index contributed by atoms with van der Waals surface area (Å²) in [6, 6.07) is 1.29. The fourth-order valence-electron chi connectivity index (χ4n) is 2.86. The minimum absolute atomic E-state index is 0.00986. The van der Waals surface area contributed by atoms with Gasteiger partial charge in [0.05, 0.1) is 26.4 Å². The van der Waals surface area contributed by atoms with Crippen molar-refractivity contribution in [3.8, 4) is 11.5 Å². The Balaban J connectivity index is 0.000000575. The summed E-state index contributed by atoms with van der Waals surface area (Å²) in [6.07, 6.45) is 5.41. The SMILES string of the molecule is C=C(C)CO.C=C(C)COC1CCC[C@H](NC)C(=O)OC(C)C1.COc1ccnc(C=O)c1O. The molecule has 9 nitrogen and oxygen atoms in total. The van der Waals surface area contributed by atoms with Gasteiger partial charge < -0.3 is 29.7 Å². The molecule has 1 aromatic rings. The zero-order valence-electron chi connectivity index (χ0n) is 21.0. The van der Waals surface area contributed by atoms with E-state index in [1.807, 2.05) is 13.8 Å². The average molecular weight is 481 g/mol. The first-order chi connectivity index (χ1) is 16.1. The van der Waals surface area contributed by atoms with Gasteiger partial charge in [0.1, 0.15) is 17.8 Å². The van der Waals surface area contributed by atoms with Crippen molar-refractivity contribution in [1.29, 1.82) is 0 Å². The Morgan fingerprint density at radius 1 is 1.32 bits per heavy atom. The number of rotatable bonds is 7. The summed E-state index contributed by atoms with van der Waals surface area (Å²) < 4.78 is 15.9. The molecule has 0 radical (unpaired) electrons. The Hall–Kier alpha value is -2.75. The van der Waals surface area contributed by atoms with Gasteiger partial charge in [-0.2, -0.15) is 0 Å². The number of aldehydes is 1. The first-order valence-corrected chi connectivity index (χ1v) is 11.2. The number of nitrogens with one attached hydrogen (secondary N) is 1. The minimum atomic E-state index is -0.218. The minimum Gasteiger partial charge on any atom is -0.503 e. The van der Waals surface area contributed by atoms with E-state index < -0.39 is 0 Å². The predicted molar refractivity (Wildman–Crippen MR) is 131 cm³/mol. The molecule has 9 heteroatoms. The molecule has 192 valence electrons. The van der Waals surface area contributed by atoms with Crippen LogP contribution in [0.2, 0.25) is 0 Å². The Bertz CT molecular complexity index is 783. The maximum absolute atomic E-state index is 11.8. The van der Waals surface area contributed by atoms with Gasteiger partial charge in [-0.25, -0.2) is 4.98 Å². The van der Waals surface area contributed by atoms with Gasteiger partial charge in [0.15, 0.2) is 17.8 Å². The summed E-state index contributed by atoms with van der Waals surface area (Å²) in [7, 11) is 3.20. The summed E-state index contributed by atoms with van der Waals surface area (Å²) in [4.78, 5) is 25.6. The number of cyclic esters (lactones) is 1. The van der Waals surface area contributed by atoms with E-state index in [2.05, 4.69) is 23.5 Å². The number of likely N-dealkylation sites (N-methyl/N-ethyl adjacent to an activating group) is 1. The molecule has 0 aromatic carbocycles. The number of aromatic nitrogens is 1. The van der Waals surface area contributed by atoms with Crippen molar-refractivity contribution in [3.63, 3.8) is 0 Å². The van der Waals surface area contributed by atoms with Crippen molar-refractivity contribution in [2.24, 2.45) is 0 Å². The zero-order chi connectivity index (χ0) is 26.1. The Morgan fingerprint density at radius 2 is 1.97 bits per heavy atom. The van der Waals surface area contributed by atoms with E-state index in [-0.39, 0.29) is 48.0 Å². The van der Waals surface area contributed by atoms with Crippen LogP contribution in [-0.4, -0.2) is 73.1 Å². The number of pyridine rings is 1. The Kier molecular flexibility index (Phi) is 16.3. The van der Waals surface area contributed by atoms with Crippen LogP contribution in [0.15, 0.2) is 36.6 Å². The third-order valence-corrected chi connectivity index (χ3v) is 4.65. The van der Waals surface area contributed by atoms with Crippen molar-refractivity contribution in [3.05, 3.63) is 42.3 Å². The van der Waals surface area contributed by atoms with E-state index in [1.54, 1.807) is 14.0 Å². The van der Waals surface area contributed by atoms with Crippen molar-refractivity contribution in [2.45, 2.75) is 64.7 Å². The molecule has 0 bridgehead atoms. The van der Waals surface area contributed by atoms with E-state index in [9.17, 15) is 14.7 Å². The van der Waals surface area contributed by atoms with Crippen LogP contribution in [-0.2, 0) is 14.3 Å². The molecule has 2 unspecified atom stereocenters. The lowest BCUT2D eigenvalue weighted by Crippen LogP contribution is -2.36. The molecular weight excluding hydrogens is 440 g/mol. The molecule has 0 saturated carbocycles. The number of aromatic hydroxyl groups is 1. The summed E-state index contributed by atoms with van der Waals surface area (Å²) in [5.74, 6) is -0.113. The normalized spacial score (nSPS) is 19.9. The van der Waals surface area contributed by atoms with E-state index in [0.717, 1.165) is 36.8 Å². The van der Waals surface area contributed by atoms with Crippen LogP contribution >= 0.6 is 0 Å². The third-order valence-electron chi connectivity index (χ3n) is 4.65. The standard InChI is InChI=1S/C14H25NO3.C7H7NO3.C4H8O/c1-10(2)9-17-12-6-5-7-13(15-4)14(16)18-11(3)8-12;1-11-6-2-3-8-5(4-9)7(6)10;1-4(2)3-5/h11-13,15H,1,5-9H2,2-4H3;2-4,10H,1H3;5H,1,3H2,2H3/t11?,12?,13-;;/m0../s1. The molecule has 1 saturated heterocycles. The fourth-order valence-corrected chi connectivity index (χ4v) is 2.86. The second-order valence-corrected chi connectivity index (χ2v) is 8.13. The summed E-state index contributed by atoms with van der Waals surface area (Å²) in [5.41, 5.74) is 1.82. The molecule has 0 amide bonds. The molecule has 1 aliphatic heterocycles. The van der Waals surface area contributed by atoms with Crippen LogP contribution in [0.1, 0.15) is 56.9 Å². The number of carbonyl (C=O) groups is 2. The number of hydrogen-bond donors (Lipinski definition) is 3. The van der Waals surface area contributed by atoms with Crippen LogP contribution in [0.3, 0.4) is 0 Å². The molecule has 34 heavy (non-hydrogen) atoms. The number of carbonyl (C=O) groups excluding carboxylic acids is 2. The van der Waals surface area contributed by atoms with Crippen LogP contribution in [0.25, 0.3) is 0 Å². The molecule has 1 aliphatic rings. The zero-order valence-corrected chi connectivity index (χ0v) is 21.0. The number of methoxy groups -OCH3 is 1. The maximum Gasteiger partial charge on any atom is 0.323 e. The molecule has 3 atom stereocenters. The summed E-state index contributed by atoms with van der Waals surface area (Å²) >= 11 is 0.